The van der Waals surface area contributed by atoms with Crippen LogP contribution in [0.1, 0.15) is 6.42 Å². The molecule has 138 valence electrons. The largest absolute Gasteiger partial charge is 0.481 e. The molecule has 0 fully saturated rings. The van der Waals surface area contributed by atoms with Gasteiger partial charge in [0.15, 0.2) is 0 Å². The van der Waals surface area contributed by atoms with Gasteiger partial charge in [-0.05, 0) is 41.6 Å². The molecule has 2 rings (SSSR count). The SMILES string of the molecule is CSc1ccc(-c2ccc(S(=O)(=O)N[C@@H](CC(=O)O)C(=O)O)cc2)cc1. The first-order valence-electron chi connectivity index (χ1n) is 7.44. The number of hydrogen-bond acceptors (Lipinski definition) is 5. The summed E-state index contributed by atoms with van der Waals surface area (Å²) in [6, 6.07) is 11.9. The molecule has 1 atom stereocenters. The van der Waals surface area contributed by atoms with Crippen molar-refractivity contribution in [3.63, 3.8) is 0 Å². The van der Waals surface area contributed by atoms with Crippen molar-refractivity contribution in [2.24, 2.45) is 0 Å². The molecule has 0 radical (unpaired) electrons. The number of carboxylic acids is 2. The van der Waals surface area contributed by atoms with E-state index >= 15 is 0 Å². The van der Waals surface area contributed by atoms with Crippen LogP contribution in [0.5, 0.6) is 0 Å². The van der Waals surface area contributed by atoms with Crippen molar-refractivity contribution in [2.45, 2.75) is 22.3 Å². The zero-order valence-electron chi connectivity index (χ0n) is 13.7. The van der Waals surface area contributed by atoms with Gasteiger partial charge in [-0.25, -0.2) is 8.42 Å². The maximum Gasteiger partial charge on any atom is 0.322 e. The summed E-state index contributed by atoms with van der Waals surface area (Å²) in [5.41, 5.74) is 1.71. The summed E-state index contributed by atoms with van der Waals surface area (Å²) in [5, 5.41) is 17.7. The average molecular weight is 395 g/mol. The molecule has 2 aromatic carbocycles. The molecule has 0 unspecified atom stereocenters. The highest BCUT2D eigenvalue weighted by atomic mass is 32.2. The molecule has 3 N–H and O–H groups in total. The first-order chi connectivity index (χ1) is 12.2. The van der Waals surface area contributed by atoms with Gasteiger partial charge in [-0.2, -0.15) is 4.72 Å². The number of benzene rings is 2. The normalized spacial score (nSPS) is 12.5. The Morgan fingerprint density at radius 3 is 1.92 bits per heavy atom. The zero-order chi connectivity index (χ0) is 19.3. The van der Waals surface area contributed by atoms with Crippen molar-refractivity contribution in [3.8, 4) is 11.1 Å². The summed E-state index contributed by atoms with van der Waals surface area (Å²) < 4.78 is 26.5. The van der Waals surface area contributed by atoms with Gasteiger partial charge in [0.25, 0.3) is 0 Å². The third kappa shape index (κ3) is 5.07. The number of sulfonamides is 1. The Labute approximate surface area is 155 Å². The molecule has 2 aromatic rings. The van der Waals surface area contributed by atoms with Gasteiger partial charge >= 0.3 is 11.9 Å². The van der Waals surface area contributed by atoms with E-state index in [4.69, 9.17) is 10.2 Å². The van der Waals surface area contributed by atoms with Gasteiger partial charge in [0, 0.05) is 4.90 Å². The molecule has 0 saturated carbocycles. The number of carboxylic acid groups (broad SMARTS) is 2. The number of rotatable bonds is 8. The van der Waals surface area contributed by atoms with E-state index in [0.29, 0.717) is 0 Å². The predicted molar refractivity (Wildman–Crippen MR) is 97.7 cm³/mol. The molecule has 0 heterocycles. The number of hydrogen-bond donors (Lipinski definition) is 3. The molecule has 0 aliphatic heterocycles. The number of carbonyl (C=O) groups is 2. The summed E-state index contributed by atoms with van der Waals surface area (Å²) in [6.45, 7) is 0. The van der Waals surface area contributed by atoms with E-state index in [1.165, 1.54) is 12.1 Å². The summed E-state index contributed by atoms with van der Waals surface area (Å²) in [4.78, 5) is 22.7. The maximum atomic E-state index is 12.3. The van der Waals surface area contributed by atoms with Crippen LogP contribution in [0.25, 0.3) is 11.1 Å². The van der Waals surface area contributed by atoms with Crippen LogP contribution in [-0.2, 0) is 19.6 Å². The fourth-order valence-corrected chi connectivity index (χ4v) is 3.82. The molecule has 0 saturated heterocycles. The Kier molecular flexibility index (Phi) is 6.41. The van der Waals surface area contributed by atoms with Gasteiger partial charge in [0.1, 0.15) is 6.04 Å². The Morgan fingerprint density at radius 2 is 1.50 bits per heavy atom. The summed E-state index contributed by atoms with van der Waals surface area (Å²) >= 11 is 1.61. The van der Waals surface area contributed by atoms with Gasteiger partial charge in [-0.1, -0.05) is 24.3 Å². The van der Waals surface area contributed by atoms with Gasteiger partial charge in [-0.3, -0.25) is 9.59 Å². The minimum absolute atomic E-state index is 0.140. The Hall–Kier alpha value is -2.36. The second kappa shape index (κ2) is 8.35. The van der Waals surface area contributed by atoms with Crippen molar-refractivity contribution in [1.29, 1.82) is 0 Å². The topological polar surface area (TPSA) is 121 Å². The van der Waals surface area contributed by atoms with Crippen LogP contribution < -0.4 is 4.72 Å². The first-order valence-corrected chi connectivity index (χ1v) is 10.1. The van der Waals surface area contributed by atoms with Crippen molar-refractivity contribution < 1.29 is 28.2 Å². The third-order valence-electron chi connectivity index (χ3n) is 3.56. The Morgan fingerprint density at radius 1 is 1.00 bits per heavy atom. The molecule has 9 heteroatoms. The molecule has 0 amide bonds. The van der Waals surface area contributed by atoms with E-state index in [1.807, 2.05) is 35.2 Å². The summed E-state index contributed by atoms with van der Waals surface area (Å²) in [6.07, 6.45) is 1.12. The average Bonchev–Trinajstić information content (AvgIpc) is 2.61. The van der Waals surface area contributed by atoms with Crippen molar-refractivity contribution >= 4 is 33.7 Å². The van der Waals surface area contributed by atoms with Gasteiger partial charge in [0.2, 0.25) is 10.0 Å². The third-order valence-corrected chi connectivity index (χ3v) is 5.79. The van der Waals surface area contributed by atoms with Crippen LogP contribution in [0, 0.1) is 0 Å². The lowest BCUT2D eigenvalue weighted by Gasteiger charge is -2.13. The predicted octanol–water partition coefficient (Wildman–Crippen LogP) is 2.28. The number of thioether (sulfide) groups is 1. The molecular formula is C17H17NO6S2. The highest BCUT2D eigenvalue weighted by molar-refractivity contribution is 7.98. The van der Waals surface area contributed by atoms with E-state index in [1.54, 1.807) is 23.9 Å². The number of aliphatic carboxylic acids is 2. The van der Waals surface area contributed by atoms with E-state index in [0.717, 1.165) is 16.0 Å². The van der Waals surface area contributed by atoms with Gasteiger partial charge < -0.3 is 10.2 Å². The van der Waals surface area contributed by atoms with Gasteiger partial charge in [0.05, 0.1) is 11.3 Å². The van der Waals surface area contributed by atoms with Crippen LogP contribution in [0.4, 0.5) is 0 Å². The maximum absolute atomic E-state index is 12.3. The van der Waals surface area contributed by atoms with Crippen molar-refractivity contribution in [2.75, 3.05) is 6.26 Å². The zero-order valence-corrected chi connectivity index (χ0v) is 15.4. The molecular weight excluding hydrogens is 378 g/mol. The first kappa shape index (κ1) is 20.0. The molecule has 26 heavy (non-hydrogen) atoms. The van der Waals surface area contributed by atoms with Crippen LogP contribution in [0.15, 0.2) is 58.3 Å². The molecule has 0 spiro atoms. The van der Waals surface area contributed by atoms with Crippen LogP contribution in [0.2, 0.25) is 0 Å². The minimum Gasteiger partial charge on any atom is -0.481 e. The lowest BCUT2D eigenvalue weighted by molar-refractivity contribution is -0.145. The lowest BCUT2D eigenvalue weighted by Crippen LogP contribution is -2.42. The van der Waals surface area contributed by atoms with E-state index < -0.39 is 34.4 Å². The summed E-state index contributed by atoms with van der Waals surface area (Å²) in [5.74, 6) is -2.97. The second-order valence-corrected chi connectivity index (χ2v) is 7.96. The Bertz CT molecular complexity index is 892. The summed E-state index contributed by atoms with van der Waals surface area (Å²) in [7, 11) is -4.16. The van der Waals surface area contributed by atoms with E-state index in [-0.39, 0.29) is 4.90 Å². The standard InChI is InChI=1S/C17H17NO6S2/c1-25-13-6-2-11(3-7-13)12-4-8-14(9-5-12)26(23,24)18-15(17(21)22)10-16(19)20/h2-9,15,18H,10H2,1H3,(H,19,20)(H,21,22)/t15-/m0/s1. The molecule has 0 aliphatic rings. The van der Waals surface area contributed by atoms with E-state index in [9.17, 15) is 18.0 Å². The highest BCUT2D eigenvalue weighted by Crippen LogP contribution is 2.24. The smallest absolute Gasteiger partial charge is 0.322 e. The molecule has 0 aromatic heterocycles. The highest BCUT2D eigenvalue weighted by Gasteiger charge is 2.27. The monoisotopic (exact) mass is 395 g/mol. The Balaban J connectivity index is 2.22. The van der Waals surface area contributed by atoms with Gasteiger partial charge in [-0.15, -0.1) is 11.8 Å². The molecule has 7 nitrogen and oxygen atoms in total. The van der Waals surface area contributed by atoms with Crippen molar-refractivity contribution in [3.05, 3.63) is 48.5 Å². The fraction of sp³-hybridized carbons (Fsp3) is 0.176. The quantitative estimate of drug-likeness (QED) is 0.586. The molecule has 0 aliphatic carbocycles. The number of nitrogens with one attached hydrogen (secondary N) is 1. The second-order valence-electron chi connectivity index (χ2n) is 5.36. The van der Waals surface area contributed by atoms with Crippen LogP contribution >= 0.6 is 11.8 Å². The van der Waals surface area contributed by atoms with Crippen molar-refractivity contribution in [1.82, 2.24) is 4.72 Å². The van der Waals surface area contributed by atoms with E-state index in [2.05, 4.69) is 0 Å². The van der Waals surface area contributed by atoms with Crippen LogP contribution in [0.3, 0.4) is 0 Å². The lowest BCUT2D eigenvalue weighted by atomic mass is 10.1. The van der Waals surface area contributed by atoms with Crippen LogP contribution in [-0.4, -0.2) is 42.9 Å². The fourth-order valence-electron chi connectivity index (χ4n) is 2.22. The minimum atomic E-state index is -4.16. The molecule has 0 bridgehead atoms.